The van der Waals surface area contributed by atoms with Crippen molar-refractivity contribution in [3.05, 3.63) is 83.9 Å². The Morgan fingerprint density at radius 3 is 2.61 bits per heavy atom. The molecule has 0 saturated carbocycles. The van der Waals surface area contributed by atoms with Crippen molar-refractivity contribution in [1.82, 2.24) is 15.3 Å². The molecule has 1 aromatic carbocycles. The van der Waals surface area contributed by atoms with Crippen LogP contribution in [0.2, 0.25) is 0 Å². The van der Waals surface area contributed by atoms with Crippen LogP contribution >= 0.6 is 0 Å². The van der Waals surface area contributed by atoms with Crippen LogP contribution in [0.15, 0.2) is 67.1 Å². The lowest BCUT2D eigenvalue weighted by atomic mass is 10.1. The van der Waals surface area contributed by atoms with Gasteiger partial charge in [-0.05, 0) is 42.8 Å². The van der Waals surface area contributed by atoms with E-state index in [-0.39, 0.29) is 5.91 Å². The molecule has 0 aliphatic rings. The highest BCUT2D eigenvalue weighted by atomic mass is 16.5. The molecule has 0 atom stereocenters. The number of rotatable bonds is 7. The maximum atomic E-state index is 12.2. The van der Waals surface area contributed by atoms with Gasteiger partial charge in [-0.2, -0.15) is 0 Å². The first-order chi connectivity index (χ1) is 13.7. The van der Waals surface area contributed by atoms with Crippen molar-refractivity contribution < 1.29 is 14.3 Å². The summed E-state index contributed by atoms with van der Waals surface area (Å²) in [5.74, 6) is -0.674. The van der Waals surface area contributed by atoms with Gasteiger partial charge >= 0.3 is 5.97 Å². The number of benzene rings is 1. The van der Waals surface area contributed by atoms with E-state index in [1.54, 1.807) is 55.8 Å². The molecule has 0 aliphatic carbocycles. The average Bonchev–Trinajstić information content (AvgIpc) is 2.74. The Morgan fingerprint density at radius 2 is 1.89 bits per heavy atom. The van der Waals surface area contributed by atoms with E-state index in [1.165, 1.54) is 0 Å². The second-order valence-electron chi connectivity index (χ2n) is 5.87. The highest BCUT2D eigenvalue weighted by Crippen LogP contribution is 2.21. The highest BCUT2D eigenvalue weighted by molar-refractivity contribution is 5.96. The quantitative estimate of drug-likeness (QED) is 0.615. The van der Waals surface area contributed by atoms with Crippen LogP contribution < -0.4 is 10.6 Å². The molecule has 2 N–H and O–H groups in total. The first-order valence-electron chi connectivity index (χ1n) is 8.83. The number of esters is 1. The predicted octanol–water partition coefficient (Wildman–Crippen LogP) is 3.33. The molecule has 0 spiro atoms. The summed E-state index contributed by atoms with van der Waals surface area (Å²) in [4.78, 5) is 32.5. The molecule has 2 heterocycles. The monoisotopic (exact) mass is 376 g/mol. The number of nitrogens with zero attached hydrogens (tertiary/aromatic N) is 2. The van der Waals surface area contributed by atoms with E-state index in [4.69, 9.17) is 4.74 Å². The molecular weight excluding hydrogens is 356 g/mol. The van der Waals surface area contributed by atoms with Gasteiger partial charge in [-0.25, -0.2) is 9.78 Å². The molecule has 3 aromatic rings. The van der Waals surface area contributed by atoms with Crippen molar-refractivity contribution >= 4 is 23.3 Å². The molecule has 0 unspecified atom stereocenters. The first-order valence-corrected chi connectivity index (χ1v) is 8.83. The Labute approximate surface area is 162 Å². The lowest BCUT2D eigenvalue weighted by Crippen LogP contribution is -2.23. The van der Waals surface area contributed by atoms with Gasteiger partial charge in [0.2, 0.25) is 0 Å². The minimum atomic E-state index is -0.398. The minimum absolute atomic E-state index is 0.276. The molecule has 0 fully saturated rings. The smallest absolute Gasteiger partial charge is 0.340 e. The van der Waals surface area contributed by atoms with Crippen molar-refractivity contribution in [1.29, 1.82) is 0 Å². The molecular formula is C21H20N4O3. The molecule has 0 radical (unpaired) electrons. The molecule has 0 saturated heterocycles. The van der Waals surface area contributed by atoms with E-state index in [9.17, 15) is 9.59 Å². The van der Waals surface area contributed by atoms with Gasteiger partial charge in [0.15, 0.2) is 0 Å². The van der Waals surface area contributed by atoms with E-state index in [0.29, 0.717) is 35.8 Å². The van der Waals surface area contributed by atoms with Gasteiger partial charge in [-0.3, -0.25) is 9.78 Å². The standard InChI is InChI=1S/C21H20N4O3/c1-2-28-21(27)17-7-3-4-8-18(17)25-16-9-10-19(23-14-16)20(26)24-13-15-6-5-11-22-12-15/h3-12,14,25H,2,13H2,1H3,(H,24,26). The van der Waals surface area contributed by atoms with Crippen LogP contribution in [0.5, 0.6) is 0 Å². The Morgan fingerprint density at radius 1 is 1.04 bits per heavy atom. The zero-order valence-corrected chi connectivity index (χ0v) is 15.4. The van der Waals surface area contributed by atoms with Crippen molar-refractivity contribution in [2.24, 2.45) is 0 Å². The molecule has 7 heteroatoms. The molecule has 142 valence electrons. The molecule has 0 bridgehead atoms. The van der Waals surface area contributed by atoms with Crippen molar-refractivity contribution in [3.8, 4) is 0 Å². The summed E-state index contributed by atoms with van der Waals surface area (Å²) in [5, 5.41) is 5.93. The van der Waals surface area contributed by atoms with Gasteiger partial charge in [0.1, 0.15) is 5.69 Å². The summed E-state index contributed by atoms with van der Waals surface area (Å²) in [6, 6.07) is 14.1. The molecule has 28 heavy (non-hydrogen) atoms. The maximum Gasteiger partial charge on any atom is 0.340 e. The second-order valence-corrected chi connectivity index (χ2v) is 5.87. The Bertz CT molecular complexity index is 943. The minimum Gasteiger partial charge on any atom is -0.462 e. The molecule has 7 nitrogen and oxygen atoms in total. The number of aromatic nitrogens is 2. The van der Waals surface area contributed by atoms with Gasteiger partial charge in [0.05, 0.1) is 29.7 Å². The van der Waals surface area contributed by atoms with Crippen LogP contribution in [-0.4, -0.2) is 28.5 Å². The van der Waals surface area contributed by atoms with E-state index < -0.39 is 5.97 Å². The SMILES string of the molecule is CCOC(=O)c1ccccc1Nc1ccc(C(=O)NCc2cccnc2)nc1. The van der Waals surface area contributed by atoms with Crippen LogP contribution in [0.4, 0.5) is 11.4 Å². The van der Waals surface area contributed by atoms with Gasteiger partial charge in [-0.15, -0.1) is 0 Å². The topological polar surface area (TPSA) is 93.2 Å². The normalized spacial score (nSPS) is 10.2. The summed E-state index contributed by atoms with van der Waals surface area (Å²) in [7, 11) is 0. The average molecular weight is 376 g/mol. The molecule has 0 aliphatic heterocycles. The van der Waals surface area contributed by atoms with Crippen LogP contribution in [0.25, 0.3) is 0 Å². The van der Waals surface area contributed by atoms with Crippen molar-refractivity contribution in [3.63, 3.8) is 0 Å². The summed E-state index contributed by atoms with van der Waals surface area (Å²) in [5.41, 5.74) is 2.90. The fourth-order valence-corrected chi connectivity index (χ4v) is 2.51. The number of amides is 1. The van der Waals surface area contributed by atoms with E-state index in [1.807, 2.05) is 18.2 Å². The molecule has 3 rings (SSSR count). The third-order valence-corrected chi connectivity index (χ3v) is 3.87. The Kier molecular flexibility index (Phi) is 6.30. The summed E-state index contributed by atoms with van der Waals surface area (Å²) < 4.78 is 5.07. The third-order valence-electron chi connectivity index (χ3n) is 3.87. The zero-order valence-electron chi connectivity index (χ0n) is 15.4. The van der Waals surface area contributed by atoms with Crippen molar-refractivity contribution in [2.45, 2.75) is 13.5 Å². The van der Waals surface area contributed by atoms with Crippen LogP contribution in [0, 0.1) is 0 Å². The van der Waals surface area contributed by atoms with E-state index in [2.05, 4.69) is 20.6 Å². The summed E-state index contributed by atoms with van der Waals surface area (Å²) >= 11 is 0. The second kappa shape index (κ2) is 9.27. The number of hydrogen-bond acceptors (Lipinski definition) is 6. The number of nitrogens with one attached hydrogen (secondary N) is 2. The van der Waals surface area contributed by atoms with Gasteiger partial charge in [0.25, 0.3) is 5.91 Å². The van der Waals surface area contributed by atoms with E-state index in [0.717, 1.165) is 5.56 Å². The number of para-hydroxylation sites is 1. The van der Waals surface area contributed by atoms with Gasteiger partial charge < -0.3 is 15.4 Å². The molecule has 2 aromatic heterocycles. The fraction of sp³-hybridized carbons (Fsp3) is 0.143. The third kappa shape index (κ3) is 4.91. The van der Waals surface area contributed by atoms with Gasteiger partial charge in [0, 0.05) is 18.9 Å². The lowest BCUT2D eigenvalue weighted by molar-refractivity contribution is 0.0527. The largest absolute Gasteiger partial charge is 0.462 e. The number of anilines is 2. The highest BCUT2D eigenvalue weighted by Gasteiger charge is 2.12. The lowest BCUT2D eigenvalue weighted by Gasteiger charge is -2.11. The Balaban J connectivity index is 1.65. The number of hydrogen-bond donors (Lipinski definition) is 2. The summed E-state index contributed by atoms with van der Waals surface area (Å²) in [6.45, 7) is 2.44. The predicted molar refractivity (Wildman–Crippen MR) is 105 cm³/mol. The van der Waals surface area contributed by atoms with E-state index >= 15 is 0 Å². The van der Waals surface area contributed by atoms with Crippen LogP contribution in [0.1, 0.15) is 33.3 Å². The number of ether oxygens (including phenoxy) is 1. The molecule has 1 amide bonds. The number of carbonyl (C=O) groups excluding carboxylic acids is 2. The number of carbonyl (C=O) groups is 2. The number of pyridine rings is 2. The van der Waals surface area contributed by atoms with Gasteiger partial charge in [-0.1, -0.05) is 18.2 Å². The zero-order chi connectivity index (χ0) is 19.8. The fourth-order valence-electron chi connectivity index (χ4n) is 2.51. The summed E-state index contributed by atoms with van der Waals surface area (Å²) in [6.07, 6.45) is 4.92. The van der Waals surface area contributed by atoms with Crippen molar-refractivity contribution in [2.75, 3.05) is 11.9 Å². The van der Waals surface area contributed by atoms with Crippen LogP contribution in [-0.2, 0) is 11.3 Å². The maximum absolute atomic E-state index is 12.2. The van der Waals surface area contributed by atoms with Crippen LogP contribution in [0.3, 0.4) is 0 Å². The Hall–Kier alpha value is -3.74. The first kappa shape index (κ1) is 19.0.